The lowest BCUT2D eigenvalue weighted by Gasteiger charge is -2.11. The number of hydrogen-bond acceptors (Lipinski definition) is 3. The highest BCUT2D eigenvalue weighted by atomic mass is 79.9. The molecule has 3 N–H and O–H groups in total. The Balaban J connectivity index is 2.35. The van der Waals surface area contributed by atoms with Gasteiger partial charge in [-0.05, 0) is 58.7 Å². The van der Waals surface area contributed by atoms with Crippen molar-refractivity contribution in [3.8, 4) is 0 Å². The molecule has 0 unspecified atom stereocenters. The standard InChI is InChI=1S/C14H13BrN2O2S2/c1-9-3-2-4-11(7-9)21(18,19)17-13-6-5-10(14(16)20)8-12(13)15/h2-8,17H,1H3,(H2,16,20). The van der Waals surface area contributed by atoms with Gasteiger partial charge in [-0.1, -0.05) is 24.4 Å². The van der Waals surface area contributed by atoms with Crippen molar-refractivity contribution in [3.05, 3.63) is 58.1 Å². The summed E-state index contributed by atoms with van der Waals surface area (Å²) in [6.45, 7) is 1.84. The number of nitrogens with two attached hydrogens (primary N) is 1. The number of halogens is 1. The maximum atomic E-state index is 12.3. The summed E-state index contributed by atoms with van der Waals surface area (Å²) in [4.78, 5) is 0.469. The minimum absolute atomic E-state index is 0.216. The molecule has 0 aliphatic carbocycles. The van der Waals surface area contributed by atoms with Crippen molar-refractivity contribution in [2.24, 2.45) is 5.73 Å². The third kappa shape index (κ3) is 3.81. The molecule has 0 atom stereocenters. The molecule has 0 aliphatic heterocycles. The van der Waals surface area contributed by atoms with Crippen LogP contribution in [0.15, 0.2) is 51.8 Å². The second-order valence-electron chi connectivity index (χ2n) is 4.48. The fourth-order valence-electron chi connectivity index (χ4n) is 1.74. The fourth-order valence-corrected chi connectivity index (χ4v) is 3.66. The summed E-state index contributed by atoms with van der Waals surface area (Å²) in [5.74, 6) is 0. The van der Waals surface area contributed by atoms with Crippen molar-refractivity contribution in [1.82, 2.24) is 0 Å². The molecule has 21 heavy (non-hydrogen) atoms. The molecular formula is C14H13BrN2O2S2. The van der Waals surface area contributed by atoms with Gasteiger partial charge in [0, 0.05) is 10.0 Å². The number of benzene rings is 2. The van der Waals surface area contributed by atoms with E-state index >= 15 is 0 Å². The quantitative estimate of drug-likeness (QED) is 0.793. The molecule has 0 heterocycles. The molecule has 0 amide bonds. The van der Waals surface area contributed by atoms with Crippen molar-refractivity contribution < 1.29 is 8.42 Å². The molecular weight excluding hydrogens is 372 g/mol. The van der Waals surface area contributed by atoms with Gasteiger partial charge in [0.05, 0.1) is 10.6 Å². The molecule has 0 radical (unpaired) electrons. The lowest BCUT2D eigenvalue weighted by Crippen LogP contribution is -2.14. The highest BCUT2D eigenvalue weighted by Crippen LogP contribution is 2.26. The van der Waals surface area contributed by atoms with E-state index in [1.54, 1.807) is 36.4 Å². The van der Waals surface area contributed by atoms with Gasteiger partial charge in [-0.3, -0.25) is 4.72 Å². The molecule has 0 saturated heterocycles. The van der Waals surface area contributed by atoms with Crippen molar-refractivity contribution in [2.45, 2.75) is 11.8 Å². The third-order valence-corrected chi connectivity index (χ3v) is 5.05. The molecule has 110 valence electrons. The Bertz CT molecular complexity index is 804. The average molecular weight is 385 g/mol. The van der Waals surface area contributed by atoms with E-state index in [-0.39, 0.29) is 9.88 Å². The zero-order valence-electron chi connectivity index (χ0n) is 11.1. The predicted octanol–water partition coefficient (Wildman–Crippen LogP) is 3.19. The van der Waals surface area contributed by atoms with Crippen LogP contribution in [0.4, 0.5) is 5.69 Å². The van der Waals surface area contributed by atoms with Crippen LogP contribution in [-0.4, -0.2) is 13.4 Å². The van der Waals surface area contributed by atoms with Crippen LogP contribution in [0.3, 0.4) is 0 Å². The van der Waals surface area contributed by atoms with Crippen LogP contribution >= 0.6 is 28.1 Å². The predicted molar refractivity (Wildman–Crippen MR) is 92.0 cm³/mol. The normalized spacial score (nSPS) is 11.1. The summed E-state index contributed by atoms with van der Waals surface area (Å²) in [5.41, 5.74) is 7.51. The van der Waals surface area contributed by atoms with Gasteiger partial charge in [-0.15, -0.1) is 0 Å². The summed E-state index contributed by atoms with van der Waals surface area (Å²) in [7, 11) is -3.64. The second kappa shape index (κ2) is 6.13. The minimum Gasteiger partial charge on any atom is -0.389 e. The number of rotatable bonds is 4. The number of aryl methyl sites for hydroxylation is 1. The van der Waals surface area contributed by atoms with E-state index in [1.807, 2.05) is 13.0 Å². The summed E-state index contributed by atoms with van der Waals surface area (Å²) >= 11 is 8.20. The summed E-state index contributed by atoms with van der Waals surface area (Å²) < 4.78 is 27.8. The summed E-state index contributed by atoms with van der Waals surface area (Å²) in [6, 6.07) is 11.7. The molecule has 0 aliphatic rings. The lowest BCUT2D eigenvalue weighted by atomic mass is 10.2. The fraction of sp³-hybridized carbons (Fsp3) is 0.0714. The lowest BCUT2D eigenvalue weighted by molar-refractivity contribution is 0.601. The average Bonchev–Trinajstić information content (AvgIpc) is 2.40. The van der Waals surface area contributed by atoms with Gasteiger partial charge in [0.2, 0.25) is 0 Å². The first-order valence-electron chi connectivity index (χ1n) is 5.98. The van der Waals surface area contributed by atoms with E-state index in [1.165, 1.54) is 0 Å². The topological polar surface area (TPSA) is 72.2 Å². The van der Waals surface area contributed by atoms with Crippen LogP contribution in [0, 0.1) is 6.92 Å². The Labute approximate surface area is 137 Å². The molecule has 7 heteroatoms. The molecule has 2 aromatic rings. The Morgan fingerprint density at radius 3 is 2.52 bits per heavy atom. The van der Waals surface area contributed by atoms with Crippen LogP contribution < -0.4 is 10.5 Å². The Hall–Kier alpha value is -1.44. The first kappa shape index (κ1) is 15.9. The van der Waals surface area contributed by atoms with Crippen molar-refractivity contribution in [3.63, 3.8) is 0 Å². The highest BCUT2D eigenvalue weighted by molar-refractivity contribution is 9.10. The smallest absolute Gasteiger partial charge is 0.261 e. The molecule has 2 aromatic carbocycles. The Morgan fingerprint density at radius 1 is 1.24 bits per heavy atom. The van der Waals surface area contributed by atoms with Gasteiger partial charge in [0.15, 0.2) is 0 Å². The second-order valence-corrected chi connectivity index (χ2v) is 7.46. The van der Waals surface area contributed by atoms with Crippen molar-refractivity contribution in [2.75, 3.05) is 4.72 Å². The molecule has 0 saturated carbocycles. The summed E-state index contributed by atoms with van der Waals surface area (Å²) in [6.07, 6.45) is 0. The maximum absolute atomic E-state index is 12.3. The summed E-state index contributed by atoms with van der Waals surface area (Å²) in [5, 5.41) is 0. The number of nitrogens with one attached hydrogen (secondary N) is 1. The van der Waals surface area contributed by atoms with Gasteiger partial charge >= 0.3 is 0 Å². The molecule has 0 bridgehead atoms. The first-order valence-corrected chi connectivity index (χ1v) is 8.67. The molecule has 0 aromatic heterocycles. The van der Waals surface area contributed by atoms with E-state index in [2.05, 4.69) is 20.7 Å². The Morgan fingerprint density at radius 2 is 1.95 bits per heavy atom. The molecule has 0 fully saturated rings. The SMILES string of the molecule is Cc1cccc(S(=O)(=O)Nc2ccc(C(N)=S)cc2Br)c1. The van der Waals surface area contributed by atoms with E-state index in [9.17, 15) is 8.42 Å². The first-order chi connectivity index (χ1) is 9.79. The van der Waals surface area contributed by atoms with Crippen LogP contribution in [-0.2, 0) is 10.0 Å². The van der Waals surface area contributed by atoms with E-state index in [4.69, 9.17) is 18.0 Å². The largest absolute Gasteiger partial charge is 0.389 e. The zero-order chi connectivity index (χ0) is 15.6. The monoisotopic (exact) mass is 384 g/mol. The van der Waals surface area contributed by atoms with Gasteiger partial charge in [-0.2, -0.15) is 0 Å². The van der Waals surface area contributed by atoms with Crippen molar-refractivity contribution >= 4 is 48.8 Å². The van der Waals surface area contributed by atoms with Gasteiger partial charge in [-0.25, -0.2) is 8.42 Å². The van der Waals surface area contributed by atoms with Crippen LogP contribution in [0.25, 0.3) is 0 Å². The van der Waals surface area contributed by atoms with Gasteiger partial charge in [0.1, 0.15) is 4.99 Å². The highest BCUT2D eigenvalue weighted by Gasteiger charge is 2.16. The van der Waals surface area contributed by atoms with Crippen molar-refractivity contribution in [1.29, 1.82) is 0 Å². The van der Waals surface area contributed by atoms with Crippen LogP contribution in [0.1, 0.15) is 11.1 Å². The van der Waals surface area contributed by atoms with Crippen LogP contribution in [0.2, 0.25) is 0 Å². The molecule has 0 spiro atoms. The maximum Gasteiger partial charge on any atom is 0.261 e. The zero-order valence-corrected chi connectivity index (χ0v) is 14.3. The van der Waals surface area contributed by atoms with Gasteiger partial charge < -0.3 is 5.73 Å². The minimum atomic E-state index is -3.64. The number of hydrogen-bond donors (Lipinski definition) is 2. The third-order valence-electron chi connectivity index (χ3n) is 2.80. The number of anilines is 1. The molecule has 2 rings (SSSR count). The van der Waals surface area contributed by atoms with Crippen LogP contribution in [0.5, 0.6) is 0 Å². The van der Waals surface area contributed by atoms with E-state index < -0.39 is 10.0 Å². The number of thiocarbonyl (C=S) groups is 1. The molecule has 4 nitrogen and oxygen atoms in total. The van der Waals surface area contributed by atoms with Gasteiger partial charge in [0.25, 0.3) is 10.0 Å². The number of sulfonamides is 1. The van der Waals surface area contributed by atoms with E-state index in [0.29, 0.717) is 15.7 Å². The Kier molecular flexibility index (Phi) is 4.65. The van der Waals surface area contributed by atoms with E-state index in [0.717, 1.165) is 5.56 Å².